The van der Waals surface area contributed by atoms with Crippen LogP contribution in [0.3, 0.4) is 0 Å². The zero-order valence-corrected chi connectivity index (χ0v) is 16.4. The molecule has 0 fully saturated rings. The van der Waals surface area contributed by atoms with E-state index in [4.69, 9.17) is 12.2 Å². The molecular weight excluding hydrogens is 354 g/mol. The fraction of sp³-hybridized carbons (Fsp3) is 0.353. The van der Waals surface area contributed by atoms with Gasteiger partial charge in [-0.25, -0.2) is 4.68 Å². The Bertz CT molecular complexity index is 812. The number of rotatable bonds is 8. The molecule has 0 spiro atoms. The SMILES string of the molecule is C=CCn1c(C)nn(CN(C)CC(=O)Nc2ccccc2SC)c1=S. The van der Waals surface area contributed by atoms with Gasteiger partial charge in [0.2, 0.25) is 5.91 Å². The lowest BCUT2D eigenvalue weighted by atomic mass is 10.3. The molecule has 1 N–H and O–H groups in total. The van der Waals surface area contributed by atoms with E-state index in [2.05, 4.69) is 17.0 Å². The van der Waals surface area contributed by atoms with Crippen molar-refractivity contribution in [2.45, 2.75) is 25.0 Å². The molecule has 0 aliphatic rings. The molecule has 0 saturated heterocycles. The van der Waals surface area contributed by atoms with E-state index in [-0.39, 0.29) is 12.5 Å². The standard InChI is InChI=1S/C17H23N5OS2/c1-5-10-21-13(2)19-22(17(21)24)12-20(3)11-16(23)18-14-8-6-7-9-15(14)25-4/h5-9H,1,10-12H2,2-4H3,(H,18,23). The molecule has 25 heavy (non-hydrogen) atoms. The minimum absolute atomic E-state index is 0.0715. The van der Waals surface area contributed by atoms with Crippen LogP contribution in [0.2, 0.25) is 0 Å². The highest BCUT2D eigenvalue weighted by Crippen LogP contribution is 2.24. The van der Waals surface area contributed by atoms with Gasteiger partial charge in [-0.3, -0.25) is 9.69 Å². The van der Waals surface area contributed by atoms with Crippen molar-refractivity contribution in [3.8, 4) is 0 Å². The minimum atomic E-state index is -0.0715. The monoisotopic (exact) mass is 377 g/mol. The number of aromatic nitrogens is 3. The van der Waals surface area contributed by atoms with Crippen LogP contribution in [0.25, 0.3) is 0 Å². The van der Waals surface area contributed by atoms with Gasteiger partial charge in [0.05, 0.1) is 18.9 Å². The van der Waals surface area contributed by atoms with Crippen molar-refractivity contribution in [3.05, 3.63) is 47.5 Å². The molecule has 0 bridgehead atoms. The highest BCUT2D eigenvalue weighted by Gasteiger charge is 2.12. The molecular formula is C17H23N5OS2. The highest BCUT2D eigenvalue weighted by molar-refractivity contribution is 7.98. The number of hydrogen-bond donors (Lipinski definition) is 1. The first-order valence-corrected chi connectivity index (χ1v) is 9.46. The number of thioether (sulfide) groups is 1. The van der Waals surface area contributed by atoms with Crippen LogP contribution in [-0.4, -0.2) is 45.0 Å². The highest BCUT2D eigenvalue weighted by atomic mass is 32.2. The molecule has 1 heterocycles. The second-order valence-electron chi connectivity index (χ2n) is 5.63. The van der Waals surface area contributed by atoms with E-state index in [1.165, 1.54) is 0 Å². The van der Waals surface area contributed by atoms with Gasteiger partial charge in [0.15, 0.2) is 4.77 Å². The maximum absolute atomic E-state index is 12.3. The summed E-state index contributed by atoms with van der Waals surface area (Å²) in [5.41, 5.74) is 0.830. The quantitative estimate of drug-likeness (QED) is 0.435. The van der Waals surface area contributed by atoms with Crippen molar-refractivity contribution < 1.29 is 4.79 Å². The van der Waals surface area contributed by atoms with Crippen LogP contribution in [0, 0.1) is 11.7 Å². The van der Waals surface area contributed by atoms with Gasteiger partial charge in [0.25, 0.3) is 0 Å². The number of para-hydroxylation sites is 1. The molecule has 8 heteroatoms. The van der Waals surface area contributed by atoms with E-state index in [9.17, 15) is 4.79 Å². The van der Waals surface area contributed by atoms with Crippen LogP contribution in [0.15, 0.2) is 41.8 Å². The van der Waals surface area contributed by atoms with Crippen molar-refractivity contribution in [3.63, 3.8) is 0 Å². The number of nitrogens with zero attached hydrogens (tertiary/aromatic N) is 4. The fourth-order valence-electron chi connectivity index (χ4n) is 2.44. The van der Waals surface area contributed by atoms with Crippen LogP contribution < -0.4 is 5.32 Å². The summed E-state index contributed by atoms with van der Waals surface area (Å²) in [7, 11) is 1.86. The van der Waals surface area contributed by atoms with Gasteiger partial charge in [0, 0.05) is 11.4 Å². The van der Waals surface area contributed by atoms with Crippen LogP contribution in [0.4, 0.5) is 5.69 Å². The molecule has 1 aromatic carbocycles. The van der Waals surface area contributed by atoms with E-state index < -0.39 is 0 Å². The van der Waals surface area contributed by atoms with E-state index in [0.29, 0.717) is 18.0 Å². The number of nitrogens with one attached hydrogen (secondary N) is 1. The predicted molar refractivity (Wildman–Crippen MR) is 105 cm³/mol. The lowest BCUT2D eigenvalue weighted by Gasteiger charge is -2.16. The Hall–Kier alpha value is -1.90. The van der Waals surface area contributed by atoms with Crippen molar-refractivity contribution >= 4 is 35.6 Å². The summed E-state index contributed by atoms with van der Waals surface area (Å²) < 4.78 is 4.25. The summed E-state index contributed by atoms with van der Waals surface area (Å²) in [6.07, 6.45) is 3.77. The van der Waals surface area contributed by atoms with E-state index in [0.717, 1.165) is 16.4 Å². The molecule has 1 aromatic heterocycles. The zero-order valence-electron chi connectivity index (χ0n) is 14.7. The number of allylic oxidation sites excluding steroid dienone is 1. The van der Waals surface area contributed by atoms with Gasteiger partial charge >= 0.3 is 0 Å². The molecule has 134 valence electrons. The molecule has 1 amide bonds. The van der Waals surface area contributed by atoms with E-state index >= 15 is 0 Å². The Balaban J connectivity index is 1.99. The first-order valence-electron chi connectivity index (χ1n) is 7.82. The smallest absolute Gasteiger partial charge is 0.238 e. The van der Waals surface area contributed by atoms with Gasteiger partial charge in [0.1, 0.15) is 5.82 Å². The third-order valence-electron chi connectivity index (χ3n) is 3.59. The Morgan fingerprint density at radius 2 is 2.20 bits per heavy atom. The average Bonchev–Trinajstić information content (AvgIpc) is 2.83. The largest absolute Gasteiger partial charge is 0.324 e. The van der Waals surface area contributed by atoms with Crippen molar-refractivity contribution in [2.75, 3.05) is 25.2 Å². The normalized spacial score (nSPS) is 10.9. The topological polar surface area (TPSA) is 55.1 Å². The Kier molecular flexibility index (Phi) is 6.98. The zero-order chi connectivity index (χ0) is 18.4. The number of aryl methyl sites for hydroxylation is 1. The molecule has 2 aromatic rings. The van der Waals surface area contributed by atoms with Crippen LogP contribution in [0.1, 0.15) is 5.82 Å². The first kappa shape index (κ1) is 19.4. The fourth-order valence-corrected chi connectivity index (χ4v) is 3.30. The number of likely N-dealkylation sites (N-methyl/N-ethyl adjacent to an activating group) is 1. The molecule has 6 nitrogen and oxygen atoms in total. The molecule has 0 unspecified atom stereocenters. The van der Waals surface area contributed by atoms with Gasteiger partial charge < -0.3 is 9.88 Å². The predicted octanol–water partition coefficient (Wildman–Crippen LogP) is 3.16. The second-order valence-corrected chi connectivity index (χ2v) is 6.85. The van der Waals surface area contributed by atoms with Crippen LogP contribution in [-0.2, 0) is 18.0 Å². The summed E-state index contributed by atoms with van der Waals surface area (Å²) in [6, 6.07) is 7.75. The number of carbonyl (C=O) groups excluding carboxylic acids is 1. The third kappa shape index (κ3) is 5.04. The van der Waals surface area contributed by atoms with Gasteiger partial charge in [-0.05, 0) is 44.6 Å². The van der Waals surface area contributed by atoms with Crippen LogP contribution >= 0.6 is 24.0 Å². The third-order valence-corrected chi connectivity index (χ3v) is 4.82. The summed E-state index contributed by atoms with van der Waals surface area (Å²) >= 11 is 7.04. The van der Waals surface area contributed by atoms with Crippen molar-refractivity contribution in [1.29, 1.82) is 0 Å². The molecule has 2 rings (SSSR count). The summed E-state index contributed by atoms with van der Waals surface area (Å²) in [4.78, 5) is 15.2. The summed E-state index contributed by atoms with van der Waals surface area (Å²) in [6.45, 7) is 6.96. The number of anilines is 1. The Morgan fingerprint density at radius 3 is 2.88 bits per heavy atom. The van der Waals surface area contributed by atoms with Gasteiger partial charge in [-0.15, -0.1) is 18.3 Å². The summed E-state index contributed by atoms with van der Waals surface area (Å²) in [5.74, 6) is 0.759. The van der Waals surface area contributed by atoms with Crippen molar-refractivity contribution in [1.82, 2.24) is 19.2 Å². The number of amides is 1. The molecule has 0 aliphatic carbocycles. The maximum Gasteiger partial charge on any atom is 0.238 e. The molecule has 0 aliphatic heterocycles. The number of benzene rings is 1. The average molecular weight is 378 g/mol. The minimum Gasteiger partial charge on any atom is -0.324 e. The molecule has 0 saturated carbocycles. The van der Waals surface area contributed by atoms with Gasteiger partial charge in [-0.2, -0.15) is 5.10 Å². The lowest BCUT2D eigenvalue weighted by Crippen LogP contribution is -2.32. The first-order chi connectivity index (χ1) is 12.0. The Labute approximate surface area is 157 Å². The molecule has 0 radical (unpaired) electrons. The number of carbonyl (C=O) groups is 1. The van der Waals surface area contributed by atoms with E-state index in [1.807, 2.05) is 54.0 Å². The molecule has 0 atom stereocenters. The second kappa shape index (κ2) is 8.98. The summed E-state index contributed by atoms with van der Waals surface area (Å²) in [5, 5.41) is 7.39. The van der Waals surface area contributed by atoms with E-state index in [1.54, 1.807) is 22.5 Å². The lowest BCUT2D eigenvalue weighted by molar-refractivity contribution is -0.117. The van der Waals surface area contributed by atoms with Crippen LogP contribution in [0.5, 0.6) is 0 Å². The van der Waals surface area contributed by atoms with Gasteiger partial charge in [-0.1, -0.05) is 18.2 Å². The maximum atomic E-state index is 12.3. The number of hydrogen-bond acceptors (Lipinski definition) is 5. The van der Waals surface area contributed by atoms with Crippen molar-refractivity contribution in [2.24, 2.45) is 0 Å². The Morgan fingerprint density at radius 1 is 1.48 bits per heavy atom.